The molecule has 0 spiro atoms. The third-order valence-electron chi connectivity index (χ3n) is 14.5. The average molecular weight is 1000 g/mol. The quantitative estimate of drug-likeness (QED) is 0.161. The topological polar surface area (TPSA) is 51.1 Å². The number of hydrogen-bond donors (Lipinski definition) is 0. The zero-order valence-corrected chi connectivity index (χ0v) is 40.5. The molecular weight excluding hydrogens is 953 g/mol. The minimum atomic E-state index is -0.549. The van der Waals surface area contributed by atoms with Crippen molar-refractivity contribution < 1.29 is 20.9 Å². The first kappa shape index (κ1) is 31.6. The van der Waals surface area contributed by atoms with Gasteiger partial charge in [-0.3, -0.25) is 0 Å². The van der Waals surface area contributed by atoms with Gasteiger partial charge in [-0.1, -0.05) is 182 Å². The molecule has 5 aromatic heterocycles. The van der Waals surface area contributed by atoms with E-state index in [0.29, 0.717) is 39.0 Å². The van der Waals surface area contributed by atoms with Crippen LogP contribution in [0.4, 0.5) is 5.69 Å². The van der Waals surface area contributed by atoms with Crippen LogP contribution < -0.4 is 0 Å². The van der Waals surface area contributed by atoms with Crippen LogP contribution in [0.2, 0.25) is 0 Å². The highest BCUT2D eigenvalue weighted by molar-refractivity contribution is 7.27. The highest BCUT2D eigenvalue weighted by Crippen LogP contribution is 2.55. The molecule has 0 N–H and O–H groups in total. The molecule has 7 heteroatoms. The second-order valence-corrected chi connectivity index (χ2v) is 20.3. The van der Waals surface area contributed by atoms with Crippen LogP contribution in [-0.2, 0) is 0 Å². The van der Waals surface area contributed by atoms with E-state index in [2.05, 4.69) is 39.7 Å². The lowest BCUT2D eigenvalue weighted by atomic mass is 9.88. The summed E-state index contributed by atoms with van der Waals surface area (Å²) in [6.07, 6.45) is 0. The molecule has 0 bridgehead atoms. The van der Waals surface area contributed by atoms with Gasteiger partial charge in [-0.2, -0.15) is 5.26 Å². The van der Waals surface area contributed by atoms with E-state index in [-0.39, 0.29) is 96.7 Å². The molecule has 0 aliphatic carbocycles. The fourth-order valence-electron chi connectivity index (χ4n) is 11.5. The Kier molecular flexibility index (Phi) is 6.70. The molecule has 0 unspecified atom stereocenters. The molecule has 16 rings (SSSR count). The van der Waals surface area contributed by atoms with Gasteiger partial charge in [-0.25, -0.2) is 4.85 Å². The number of benzene rings is 11. The Morgan fingerprint density at radius 2 is 1.05 bits per heavy atom. The van der Waals surface area contributed by atoms with Crippen LogP contribution >= 0.6 is 22.7 Å². The van der Waals surface area contributed by atoms with Crippen LogP contribution in [-0.4, -0.2) is 9.13 Å². The molecule has 0 radical (unpaired) electrons. The van der Waals surface area contributed by atoms with Gasteiger partial charge >= 0.3 is 0 Å². The van der Waals surface area contributed by atoms with Crippen LogP contribution in [0.25, 0.3) is 155 Å². The van der Waals surface area contributed by atoms with E-state index in [9.17, 15) is 22.8 Å². The molecule has 5 heterocycles. The molecule has 75 heavy (non-hydrogen) atoms. The van der Waals surface area contributed by atoms with E-state index in [1.54, 1.807) is 4.57 Å². The van der Waals surface area contributed by atoms with Crippen molar-refractivity contribution in [3.63, 3.8) is 0 Å². The van der Waals surface area contributed by atoms with Crippen LogP contribution in [0, 0.1) is 17.9 Å². The van der Waals surface area contributed by atoms with Crippen molar-refractivity contribution >= 4 is 134 Å². The van der Waals surface area contributed by atoms with Crippen molar-refractivity contribution in [2.45, 2.75) is 0 Å². The van der Waals surface area contributed by atoms with Crippen LogP contribution in [0.5, 0.6) is 0 Å². The number of nitriles is 1. The monoisotopic (exact) mass is 1000 g/mol. The molecule has 5 nitrogen and oxygen atoms in total. The Labute approximate surface area is 453 Å². The molecule has 0 aliphatic heterocycles. The maximum absolute atomic E-state index is 12.4. The smallest absolute Gasteiger partial charge is 0.220 e. The SMILES string of the molecule is [2H]c1c([2H])c([2H])c2c(sc3c2c([2H])c([2H])c2c4c([2H])c([2H])c5c(sc6c([2H])c([2H])c([2H])c([2H])c65)c4n(-c4c(C#N)c(-c5ccccc5)c([N+]#[C-])c(-n5c6ccccc6c6ccc(-c7cccc8oc9ccccc9c78)cc65)c4-c4ccccc4)c32)c1[2H]. The summed E-state index contributed by atoms with van der Waals surface area (Å²) in [7, 11) is 0. The zero-order valence-electron chi connectivity index (χ0n) is 50.9. The van der Waals surface area contributed by atoms with Crippen LogP contribution in [0.15, 0.2) is 223 Å². The maximum atomic E-state index is 12.4. The van der Waals surface area contributed by atoms with Gasteiger partial charge in [0.15, 0.2) is 0 Å². The van der Waals surface area contributed by atoms with Crippen molar-refractivity contribution in [2.24, 2.45) is 0 Å². The van der Waals surface area contributed by atoms with Gasteiger partial charge in [-0.05, 0) is 58.6 Å². The second kappa shape index (κ2) is 15.9. The largest absolute Gasteiger partial charge is 0.456 e. The first-order chi connectivity index (χ1) is 42.2. The lowest BCUT2D eigenvalue weighted by molar-refractivity contribution is 0.669. The molecule has 346 valence electrons. The maximum Gasteiger partial charge on any atom is 0.220 e. The Bertz CT molecular complexity index is 5790. The summed E-state index contributed by atoms with van der Waals surface area (Å²) >= 11 is 1.94. The fourth-order valence-corrected chi connectivity index (χ4v) is 13.7. The molecular formula is C68H36N4OS2. The molecule has 11 aromatic carbocycles. The highest BCUT2D eigenvalue weighted by Gasteiger charge is 2.33. The molecule has 0 saturated carbocycles. The van der Waals surface area contributed by atoms with Crippen molar-refractivity contribution in [3.8, 4) is 50.8 Å². The van der Waals surface area contributed by atoms with Gasteiger partial charge in [-0.15, -0.1) is 22.7 Å². The van der Waals surface area contributed by atoms with Gasteiger partial charge in [0.25, 0.3) is 0 Å². The molecule has 0 atom stereocenters. The van der Waals surface area contributed by atoms with Crippen molar-refractivity contribution in [3.05, 3.63) is 235 Å². The third-order valence-corrected chi connectivity index (χ3v) is 16.7. The average Bonchev–Trinajstić information content (AvgIpc) is 1.54. The summed E-state index contributed by atoms with van der Waals surface area (Å²) in [6.45, 7) is 9.51. The summed E-state index contributed by atoms with van der Waals surface area (Å²) < 4.78 is 124. The van der Waals surface area contributed by atoms with E-state index >= 15 is 0 Å². The second-order valence-electron chi connectivity index (χ2n) is 18.3. The van der Waals surface area contributed by atoms with Crippen molar-refractivity contribution in [1.29, 1.82) is 5.26 Å². The number of fused-ring (bicyclic) bond motifs is 17. The van der Waals surface area contributed by atoms with Crippen LogP contribution in [0.1, 0.15) is 22.0 Å². The number of furan rings is 1. The van der Waals surface area contributed by atoms with Crippen molar-refractivity contribution in [2.75, 3.05) is 0 Å². The number of nitrogens with zero attached hydrogens (tertiary/aromatic N) is 4. The number of aromatic nitrogens is 2. The number of hydrogen-bond acceptors (Lipinski definition) is 4. The standard InChI is InChI=1S/C68H36N4OS2/c1-70-62-59(39-17-4-2-5-18-39)52(38-69)63(72-64-47(33-35-49-45-22-10-14-29-57(45)74-67(49)64)48-34-36-50-46-23-11-15-30-58(46)75-68(50)65(48)72)60(40-19-6-3-7-20-40)66(62)71-53-26-12-8-21-43(53)44-32-31-41(37-54(44)71)42-25-16-28-56-61(42)51-24-9-13-27-55(51)73-56/h2-37H/i10D,11D,14D,15D,22D,23D,29D,30D,33D,34D,35D,36D. The fraction of sp³-hybridized carbons (Fsp3) is 0. The predicted octanol–water partition coefficient (Wildman–Crippen LogP) is 19.9. The summed E-state index contributed by atoms with van der Waals surface area (Å²) in [5.74, 6) is 0. The predicted molar refractivity (Wildman–Crippen MR) is 315 cm³/mol. The van der Waals surface area contributed by atoms with E-state index in [4.69, 9.17) is 9.90 Å². The Hall–Kier alpha value is -9.76. The first-order valence-corrected chi connectivity index (χ1v) is 25.6. The van der Waals surface area contributed by atoms with Gasteiger partial charge < -0.3 is 13.6 Å². The van der Waals surface area contributed by atoms with E-state index in [1.165, 1.54) is 0 Å². The minimum Gasteiger partial charge on any atom is -0.456 e. The van der Waals surface area contributed by atoms with Gasteiger partial charge in [0, 0.05) is 74.4 Å². The first-order valence-electron chi connectivity index (χ1n) is 29.9. The lowest BCUT2D eigenvalue weighted by Gasteiger charge is -2.26. The molecule has 0 amide bonds. The molecule has 16 aromatic rings. The van der Waals surface area contributed by atoms with Gasteiger partial charge in [0.05, 0.1) is 71.4 Å². The third kappa shape index (κ3) is 5.79. The lowest BCUT2D eigenvalue weighted by Crippen LogP contribution is -2.09. The van der Waals surface area contributed by atoms with Gasteiger partial charge in [0.1, 0.15) is 17.2 Å². The summed E-state index contributed by atoms with van der Waals surface area (Å²) in [5.41, 5.74) is 6.84. The van der Waals surface area contributed by atoms with E-state index in [1.807, 2.05) is 121 Å². The molecule has 0 aliphatic rings. The number of thiophene rings is 2. The van der Waals surface area contributed by atoms with Gasteiger partial charge in [0.2, 0.25) is 5.69 Å². The van der Waals surface area contributed by atoms with E-state index < -0.39 is 60.4 Å². The summed E-state index contributed by atoms with van der Waals surface area (Å²) in [4.78, 5) is 4.48. The summed E-state index contributed by atoms with van der Waals surface area (Å²) in [6, 6.07) is 43.4. The summed E-state index contributed by atoms with van der Waals surface area (Å²) in [5, 5.41) is 15.9. The molecule has 0 saturated heterocycles. The minimum absolute atomic E-state index is 0.000796. The highest BCUT2D eigenvalue weighted by atomic mass is 32.1. The number of rotatable bonds is 5. The normalized spacial score (nSPS) is 14.2. The van der Waals surface area contributed by atoms with E-state index in [0.717, 1.165) is 60.9 Å². The zero-order chi connectivity index (χ0) is 59.9. The van der Waals surface area contributed by atoms with Crippen molar-refractivity contribution in [1.82, 2.24) is 9.13 Å². The molecule has 0 fully saturated rings. The van der Waals surface area contributed by atoms with Crippen LogP contribution in [0.3, 0.4) is 0 Å². The Morgan fingerprint density at radius 3 is 1.72 bits per heavy atom. The Morgan fingerprint density at radius 1 is 0.480 bits per heavy atom. The Balaban J connectivity index is 1.21. The number of para-hydroxylation sites is 2.